The van der Waals surface area contributed by atoms with Crippen molar-refractivity contribution in [3.05, 3.63) is 42.0 Å². The molecule has 0 amide bonds. The van der Waals surface area contributed by atoms with Crippen molar-refractivity contribution >= 4 is 38.8 Å². The summed E-state index contributed by atoms with van der Waals surface area (Å²) in [6, 6.07) is 8.09. The molecule has 38 heavy (non-hydrogen) atoms. The van der Waals surface area contributed by atoms with Gasteiger partial charge in [-0.2, -0.15) is 21.6 Å². The van der Waals surface area contributed by atoms with Crippen molar-refractivity contribution in [2.45, 2.75) is 57.6 Å². The van der Waals surface area contributed by atoms with Crippen molar-refractivity contribution in [2.75, 3.05) is 6.61 Å². The molecule has 10 nitrogen and oxygen atoms in total. The third-order valence-corrected chi connectivity index (χ3v) is 6.74. The van der Waals surface area contributed by atoms with Crippen LogP contribution in [0.25, 0.3) is 10.8 Å². The largest absolute Gasteiger partial charge is 0.534 e. The van der Waals surface area contributed by atoms with Crippen LogP contribution in [-0.4, -0.2) is 56.8 Å². The maximum absolute atomic E-state index is 12.7. The Kier molecular flexibility index (Phi) is 8.56. The number of carbonyl (C=O) groups excluding carboxylic acids is 3. The predicted octanol–water partition coefficient (Wildman–Crippen LogP) is 3.57. The Morgan fingerprint density at radius 2 is 1.47 bits per heavy atom. The number of hydrogen-bond acceptors (Lipinski definition) is 10. The molecule has 0 saturated carbocycles. The Bertz CT molecular complexity index is 1320. The molecule has 2 aromatic rings. The first-order valence-corrected chi connectivity index (χ1v) is 12.7. The lowest BCUT2D eigenvalue weighted by Gasteiger charge is -2.44. The molecule has 0 aromatic heterocycles. The predicted molar refractivity (Wildman–Crippen MR) is 124 cm³/mol. The average Bonchev–Trinajstić information content (AvgIpc) is 2.79. The van der Waals surface area contributed by atoms with Gasteiger partial charge in [-0.05, 0) is 34.5 Å². The molecule has 0 aliphatic carbocycles. The maximum atomic E-state index is 12.7. The molecule has 0 radical (unpaired) electrons. The maximum Gasteiger partial charge on any atom is 0.534 e. The van der Waals surface area contributed by atoms with Crippen molar-refractivity contribution in [1.82, 2.24) is 0 Å². The zero-order chi connectivity index (χ0) is 28.4. The zero-order valence-corrected chi connectivity index (χ0v) is 21.5. The lowest BCUT2D eigenvalue weighted by atomic mass is 9.85. The van der Waals surface area contributed by atoms with Gasteiger partial charge in [0, 0.05) is 26.7 Å². The van der Waals surface area contributed by atoms with Gasteiger partial charge in [-0.15, -0.1) is 0 Å². The zero-order valence-electron chi connectivity index (χ0n) is 20.7. The third-order valence-electron chi connectivity index (χ3n) is 5.76. The van der Waals surface area contributed by atoms with Crippen LogP contribution < -0.4 is 4.18 Å². The van der Waals surface area contributed by atoms with Gasteiger partial charge in [0.05, 0.1) is 6.10 Å². The summed E-state index contributed by atoms with van der Waals surface area (Å²) in [4.78, 5) is 35.2. The molecule has 3 rings (SSSR count). The Morgan fingerprint density at radius 1 is 0.895 bits per heavy atom. The summed E-state index contributed by atoms with van der Waals surface area (Å²) in [5.41, 5.74) is -5.15. The normalized spacial score (nSPS) is 23.9. The van der Waals surface area contributed by atoms with Gasteiger partial charge >= 0.3 is 33.5 Å². The molecule has 2 aromatic carbocycles. The van der Waals surface area contributed by atoms with E-state index >= 15 is 0 Å². The van der Waals surface area contributed by atoms with Gasteiger partial charge in [0.25, 0.3) is 0 Å². The summed E-state index contributed by atoms with van der Waals surface area (Å²) in [6.07, 6.45) is -3.79. The highest BCUT2D eigenvalue weighted by Gasteiger charge is 2.49. The number of rotatable bonds is 7. The summed E-state index contributed by atoms with van der Waals surface area (Å²) >= 11 is 0. The van der Waals surface area contributed by atoms with Gasteiger partial charge in [-0.25, -0.2) is 0 Å². The number of ether oxygens (including phenoxy) is 4. The average molecular weight is 563 g/mol. The first kappa shape index (κ1) is 29.2. The summed E-state index contributed by atoms with van der Waals surface area (Å²) in [5, 5.41) is 0.800. The van der Waals surface area contributed by atoms with Gasteiger partial charge in [0.15, 0.2) is 6.10 Å². The van der Waals surface area contributed by atoms with Crippen molar-refractivity contribution in [1.29, 1.82) is 0 Å². The quantitative estimate of drug-likeness (QED) is 0.214. The van der Waals surface area contributed by atoms with Gasteiger partial charge in [-0.3, -0.25) is 14.4 Å². The first-order chi connectivity index (χ1) is 17.6. The van der Waals surface area contributed by atoms with Gasteiger partial charge < -0.3 is 23.1 Å². The highest BCUT2D eigenvalue weighted by atomic mass is 32.2. The second kappa shape index (κ2) is 11.2. The summed E-state index contributed by atoms with van der Waals surface area (Å²) in [7, 11) is -5.85. The van der Waals surface area contributed by atoms with Crippen molar-refractivity contribution in [3.63, 3.8) is 0 Å². The number of halogens is 3. The van der Waals surface area contributed by atoms with Crippen LogP contribution in [0.5, 0.6) is 5.75 Å². The van der Waals surface area contributed by atoms with E-state index in [1.807, 2.05) is 0 Å². The Hall–Kier alpha value is -3.39. The van der Waals surface area contributed by atoms with Crippen LogP contribution in [0.3, 0.4) is 0 Å². The van der Waals surface area contributed by atoms with Crippen LogP contribution in [0, 0.1) is 5.92 Å². The molecule has 1 aliphatic heterocycles. The first-order valence-electron chi connectivity index (χ1n) is 11.3. The molecule has 0 bridgehead atoms. The van der Waals surface area contributed by atoms with E-state index in [2.05, 4.69) is 4.18 Å². The fraction of sp³-hybridized carbons (Fsp3) is 0.458. The van der Waals surface area contributed by atoms with Gasteiger partial charge in [0.1, 0.15) is 24.6 Å². The summed E-state index contributed by atoms with van der Waals surface area (Å²) in [5.74, 6) is -2.94. The molecule has 0 N–H and O–H groups in total. The Labute approximate surface area is 216 Å². The van der Waals surface area contributed by atoms with E-state index in [4.69, 9.17) is 18.9 Å². The molecule has 14 heteroatoms. The number of alkyl halides is 3. The minimum atomic E-state index is -5.85. The molecule has 1 saturated heterocycles. The van der Waals surface area contributed by atoms with Crippen molar-refractivity contribution in [2.24, 2.45) is 5.92 Å². The van der Waals surface area contributed by atoms with E-state index in [9.17, 15) is 36.0 Å². The van der Waals surface area contributed by atoms with E-state index < -0.39 is 69.6 Å². The minimum absolute atomic E-state index is 0.167. The monoisotopic (exact) mass is 562 g/mol. The summed E-state index contributed by atoms with van der Waals surface area (Å²) in [6.45, 7) is 5.11. The van der Waals surface area contributed by atoms with Crippen LogP contribution in [0.15, 0.2) is 36.4 Å². The molecule has 1 aliphatic rings. The second-order valence-electron chi connectivity index (χ2n) is 8.66. The SMILES string of the molecule is CC(=O)OC[C@H]1O[C@H](c2ccc3cc(OS(=O)(=O)C(F)(F)F)ccc3c2)[C@@H](OC(C)=O)[C@@H](OC(C)=O)[C@@H]1C. The Morgan fingerprint density at radius 3 is 2.05 bits per heavy atom. The molecular weight excluding hydrogens is 537 g/mol. The van der Waals surface area contributed by atoms with Crippen molar-refractivity contribution in [3.8, 4) is 5.75 Å². The standard InChI is InChI=1S/C24H25F3O10S/c1-12-20(11-33-13(2)28)36-22(23(35-15(4)30)21(12)34-14(3)29)18-6-5-17-10-19(8-7-16(17)9-18)37-38(31,32)24(25,26)27/h5-10,12,20-23H,11H2,1-4H3/t12-,20-,21+,22-,23+/m1/s1. The molecule has 0 unspecified atom stereocenters. The minimum Gasteiger partial charge on any atom is -0.463 e. The fourth-order valence-corrected chi connectivity index (χ4v) is 4.51. The number of carbonyl (C=O) groups is 3. The van der Waals surface area contributed by atoms with E-state index in [0.29, 0.717) is 16.3 Å². The number of fused-ring (bicyclic) bond motifs is 1. The molecule has 5 atom stereocenters. The van der Waals surface area contributed by atoms with Crippen LogP contribution >= 0.6 is 0 Å². The summed E-state index contributed by atoms with van der Waals surface area (Å²) < 4.78 is 87.1. The molecular formula is C24H25F3O10S. The molecule has 1 heterocycles. The Balaban J connectivity index is 2.00. The number of esters is 3. The number of hydrogen-bond donors (Lipinski definition) is 0. The smallest absolute Gasteiger partial charge is 0.463 e. The van der Waals surface area contributed by atoms with Crippen LogP contribution in [0.1, 0.15) is 39.4 Å². The van der Waals surface area contributed by atoms with Crippen LogP contribution in [0.2, 0.25) is 0 Å². The lowest BCUT2D eigenvalue weighted by Crippen LogP contribution is -2.54. The fourth-order valence-electron chi connectivity index (χ4n) is 4.06. The lowest BCUT2D eigenvalue weighted by molar-refractivity contribution is -0.232. The van der Waals surface area contributed by atoms with Crippen LogP contribution in [-0.2, 0) is 43.4 Å². The van der Waals surface area contributed by atoms with Gasteiger partial charge in [0.2, 0.25) is 0 Å². The molecule has 1 fully saturated rings. The molecule has 0 spiro atoms. The topological polar surface area (TPSA) is 132 Å². The van der Waals surface area contributed by atoms with Crippen LogP contribution in [0.4, 0.5) is 13.2 Å². The van der Waals surface area contributed by atoms with Gasteiger partial charge in [-0.1, -0.05) is 25.1 Å². The van der Waals surface area contributed by atoms with E-state index in [-0.39, 0.29) is 6.61 Å². The number of benzene rings is 2. The van der Waals surface area contributed by atoms with Crippen molar-refractivity contribution < 1.29 is 59.1 Å². The van der Waals surface area contributed by atoms with E-state index in [1.54, 1.807) is 13.0 Å². The second-order valence-corrected chi connectivity index (χ2v) is 10.2. The highest BCUT2D eigenvalue weighted by molar-refractivity contribution is 7.88. The molecule has 208 valence electrons. The van der Waals surface area contributed by atoms with E-state index in [1.165, 1.54) is 39.0 Å². The third kappa shape index (κ3) is 6.72. The van der Waals surface area contributed by atoms with E-state index in [0.717, 1.165) is 12.1 Å². The highest BCUT2D eigenvalue weighted by Crippen LogP contribution is 2.40.